The predicted octanol–water partition coefficient (Wildman–Crippen LogP) is 3.88. The second-order valence-electron chi connectivity index (χ2n) is 4.04. The molecule has 2 aromatic carbocycles. The summed E-state index contributed by atoms with van der Waals surface area (Å²) in [5.74, 6) is -5.91. The van der Waals surface area contributed by atoms with Crippen molar-refractivity contribution in [2.24, 2.45) is 0 Å². The lowest BCUT2D eigenvalue weighted by Crippen LogP contribution is -2.04. The molecule has 0 saturated carbocycles. The van der Waals surface area contributed by atoms with Crippen LogP contribution in [0, 0.1) is 30.2 Å². The Morgan fingerprint density at radius 3 is 2.11 bits per heavy atom. The second kappa shape index (κ2) is 4.79. The molecule has 2 aromatic rings. The monoisotopic (exact) mass is 270 g/mol. The number of rotatable bonds is 2. The molecule has 0 atom stereocenters. The van der Waals surface area contributed by atoms with Crippen LogP contribution in [-0.2, 0) is 0 Å². The summed E-state index contributed by atoms with van der Waals surface area (Å²) < 4.78 is 53.1. The van der Waals surface area contributed by atoms with Crippen LogP contribution in [0.2, 0.25) is 0 Å². The van der Waals surface area contributed by atoms with E-state index in [0.29, 0.717) is 11.3 Å². The highest BCUT2D eigenvalue weighted by Crippen LogP contribution is 2.29. The van der Waals surface area contributed by atoms with Crippen molar-refractivity contribution >= 4 is 17.1 Å². The van der Waals surface area contributed by atoms with Gasteiger partial charge in [-0.15, -0.1) is 0 Å². The van der Waals surface area contributed by atoms with Crippen LogP contribution in [0.3, 0.4) is 0 Å². The molecule has 0 radical (unpaired) electrons. The maximum atomic E-state index is 13.5. The molecule has 0 unspecified atom stereocenters. The number of hydrogen-bond donors (Lipinski definition) is 2. The number of nitrogens with one attached hydrogen (secondary N) is 1. The zero-order valence-electron chi connectivity index (χ0n) is 9.90. The van der Waals surface area contributed by atoms with Crippen LogP contribution in [0.15, 0.2) is 24.3 Å². The summed E-state index contributed by atoms with van der Waals surface area (Å²) in [5.41, 5.74) is 5.90. The minimum atomic E-state index is -1.49. The Labute approximate surface area is 106 Å². The maximum absolute atomic E-state index is 13.5. The number of benzene rings is 2. The summed E-state index contributed by atoms with van der Waals surface area (Å²) in [5, 5.41) is 2.32. The Morgan fingerprint density at radius 2 is 1.53 bits per heavy atom. The van der Waals surface area contributed by atoms with Gasteiger partial charge in [-0.3, -0.25) is 0 Å². The van der Waals surface area contributed by atoms with Crippen molar-refractivity contribution in [3.05, 3.63) is 53.1 Å². The van der Waals surface area contributed by atoms with E-state index in [2.05, 4.69) is 5.32 Å². The molecule has 0 amide bonds. The Bertz CT molecular complexity index is 615. The van der Waals surface area contributed by atoms with E-state index in [1.54, 1.807) is 19.1 Å². The Balaban J connectivity index is 2.52. The standard InChI is InChI=1S/C13H10F4N2/c1-6-2-3-7(18)4-10(6)19-13-11(16)8(14)5-9(15)12(13)17/h2-5,19H,18H2,1H3. The molecule has 6 heteroatoms. The lowest BCUT2D eigenvalue weighted by molar-refractivity contribution is 0.459. The number of nitrogen functional groups attached to an aromatic ring is 1. The normalized spacial score (nSPS) is 10.6. The van der Waals surface area contributed by atoms with Crippen molar-refractivity contribution in [1.29, 1.82) is 0 Å². The van der Waals surface area contributed by atoms with E-state index >= 15 is 0 Å². The van der Waals surface area contributed by atoms with E-state index in [9.17, 15) is 17.6 Å². The zero-order chi connectivity index (χ0) is 14.2. The van der Waals surface area contributed by atoms with Crippen LogP contribution in [0.25, 0.3) is 0 Å². The average Bonchev–Trinajstić information content (AvgIpc) is 2.36. The molecule has 0 saturated heterocycles. The highest BCUT2D eigenvalue weighted by Gasteiger charge is 2.19. The van der Waals surface area contributed by atoms with Crippen molar-refractivity contribution in [2.75, 3.05) is 11.1 Å². The SMILES string of the molecule is Cc1ccc(N)cc1Nc1c(F)c(F)cc(F)c1F. The van der Waals surface area contributed by atoms with Crippen LogP contribution in [-0.4, -0.2) is 0 Å². The first kappa shape index (κ1) is 13.2. The van der Waals surface area contributed by atoms with E-state index in [4.69, 9.17) is 5.73 Å². The number of nitrogens with two attached hydrogens (primary N) is 1. The molecule has 0 aliphatic carbocycles. The van der Waals surface area contributed by atoms with Crippen molar-refractivity contribution in [3.8, 4) is 0 Å². The zero-order valence-corrected chi connectivity index (χ0v) is 9.90. The largest absolute Gasteiger partial charge is 0.399 e. The Hall–Kier alpha value is -2.24. The Morgan fingerprint density at radius 1 is 0.947 bits per heavy atom. The fourth-order valence-electron chi connectivity index (χ4n) is 1.59. The Kier molecular flexibility index (Phi) is 3.33. The van der Waals surface area contributed by atoms with Gasteiger partial charge >= 0.3 is 0 Å². The van der Waals surface area contributed by atoms with Gasteiger partial charge in [-0.05, 0) is 24.6 Å². The van der Waals surface area contributed by atoms with E-state index in [1.165, 1.54) is 6.07 Å². The molecule has 2 rings (SSSR count). The summed E-state index contributed by atoms with van der Waals surface area (Å²) in [6.45, 7) is 1.66. The molecule has 0 aromatic heterocycles. The topological polar surface area (TPSA) is 38.0 Å². The lowest BCUT2D eigenvalue weighted by atomic mass is 10.1. The number of halogens is 4. The summed E-state index contributed by atoms with van der Waals surface area (Å²) in [6.07, 6.45) is 0. The van der Waals surface area contributed by atoms with Gasteiger partial charge in [0.05, 0.1) is 0 Å². The molecule has 3 N–H and O–H groups in total. The summed E-state index contributed by atoms with van der Waals surface area (Å²) in [6, 6.07) is 4.78. The van der Waals surface area contributed by atoms with E-state index < -0.39 is 29.0 Å². The number of anilines is 3. The molecule has 2 nitrogen and oxygen atoms in total. The fourth-order valence-corrected chi connectivity index (χ4v) is 1.59. The van der Waals surface area contributed by atoms with Crippen LogP contribution in [0.4, 0.5) is 34.6 Å². The molecular weight excluding hydrogens is 260 g/mol. The van der Waals surface area contributed by atoms with Gasteiger partial charge in [-0.25, -0.2) is 17.6 Å². The van der Waals surface area contributed by atoms with Crippen LogP contribution >= 0.6 is 0 Å². The first-order valence-corrected chi connectivity index (χ1v) is 5.36. The van der Waals surface area contributed by atoms with Gasteiger partial charge in [0.15, 0.2) is 23.3 Å². The summed E-state index contributed by atoms with van der Waals surface area (Å²) >= 11 is 0. The molecule has 0 fully saturated rings. The quantitative estimate of drug-likeness (QED) is 0.494. The number of hydrogen-bond acceptors (Lipinski definition) is 2. The van der Waals surface area contributed by atoms with Gasteiger partial charge in [0.25, 0.3) is 0 Å². The van der Waals surface area contributed by atoms with Gasteiger partial charge in [-0.2, -0.15) is 0 Å². The first-order chi connectivity index (χ1) is 8.90. The van der Waals surface area contributed by atoms with E-state index in [0.717, 1.165) is 0 Å². The van der Waals surface area contributed by atoms with Crippen molar-refractivity contribution in [1.82, 2.24) is 0 Å². The molecule has 19 heavy (non-hydrogen) atoms. The maximum Gasteiger partial charge on any atom is 0.185 e. The minimum Gasteiger partial charge on any atom is -0.399 e. The van der Waals surface area contributed by atoms with Gasteiger partial charge in [0, 0.05) is 17.4 Å². The molecule has 0 aliphatic rings. The fraction of sp³-hybridized carbons (Fsp3) is 0.0769. The third kappa shape index (κ3) is 2.47. The molecule has 0 aliphatic heterocycles. The molecule has 0 spiro atoms. The van der Waals surface area contributed by atoms with Crippen molar-refractivity contribution < 1.29 is 17.6 Å². The van der Waals surface area contributed by atoms with E-state index in [1.807, 2.05) is 0 Å². The van der Waals surface area contributed by atoms with Gasteiger partial charge in [0.2, 0.25) is 0 Å². The molecular formula is C13H10F4N2. The van der Waals surface area contributed by atoms with Crippen molar-refractivity contribution in [3.63, 3.8) is 0 Å². The second-order valence-corrected chi connectivity index (χ2v) is 4.04. The minimum absolute atomic E-state index is 0.155. The van der Waals surface area contributed by atoms with E-state index in [-0.39, 0.29) is 11.8 Å². The summed E-state index contributed by atoms with van der Waals surface area (Å²) in [7, 11) is 0. The molecule has 100 valence electrons. The van der Waals surface area contributed by atoms with Crippen LogP contribution < -0.4 is 11.1 Å². The van der Waals surface area contributed by atoms with Crippen LogP contribution in [0.1, 0.15) is 5.56 Å². The predicted molar refractivity (Wildman–Crippen MR) is 65.1 cm³/mol. The van der Waals surface area contributed by atoms with Crippen molar-refractivity contribution in [2.45, 2.75) is 6.92 Å². The average molecular weight is 270 g/mol. The highest BCUT2D eigenvalue weighted by atomic mass is 19.2. The lowest BCUT2D eigenvalue weighted by Gasteiger charge is -2.12. The van der Waals surface area contributed by atoms with Crippen LogP contribution in [0.5, 0.6) is 0 Å². The van der Waals surface area contributed by atoms with Gasteiger partial charge in [0.1, 0.15) is 5.69 Å². The summed E-state index contributed by atoms with van der Waals surface area (Å²) in [4.78, 5) is 0. The van der Waals surface area contributed by atoms with Gasteiger partial charge in [-0.1, -0.05) is 6.07 Å². The third-order valence-corrected chi connectivity index (χ3v) is 2.63. The molecule has 0 bridgehead atoms. The smallest absolute Gasteiger partial charge is 0.185 e. The highest BCUT2D eigenvalue weighted by molar-refractivity contribution is 5.67. The first-order valence-electron chi connectivity index (χ1n) is 5.36. The molecule has 0 heterocycles. The third-order valence-electron chi connectivity index (χ3n) is 2.63. The van der Waals surface area contributed by atoms with Gasteiger partial charge < -0.3 is 11.1 Å². The number of aryl methyl sites for hydroxylation is 1.